The van der Waals surface area contributed by atoms with Crippen molar-refractivity contribution >= 4 is 46.7 Å². The number of alkyl carbamates (subject to hydrolysis) is 1. The van der Waals surface area contributed by atoms with Gasteiger partial charge in [0.2, 0.25) is 5.91 Å². The lowest BCUT2D eigenvalue weighted by Gasteiger charge is -2.25. The van der Waals surface area contributed by atoms with Crippen LogP contribution in [0.4, 0.5) is 15.3 Å². The van der Waals surface area contributed by atoms with Crippen molar-refractivity contribution in [3.05, 3.63) is 34.7 Å². The summed E-state index contributed by atoms with van der Waals surface area (Å²) in [6.45, 7) is 8.19. The van der Waals surface area contributed by atoms with Gasteiger partial charge in [0.05, 0.1) is 4.91 Å². The van der Waals surface area contributed by atoms with E-state index < -0.39 is 11.7 Å². The summed E-state index contributed by atoms with van der Waals surface area (Å²) in [5, 5.41) is 4.53. The molecule has 2 fully saturated rings. The van der Waals surface area contributed by atoms with Gasteiger partial charge >= 0.3 is 6.09 Å². The molecule has 0 atom stereocenters. The third-order valence-electron chi connectivity index (χ3n) is 5.06. The minimum Gasteiger partial charge on any atom is -0.444 e. The molecule has 2 N–H and O–H groups in total. The van der Waals surface area contributed by atoms with Gasteiger partial charge in [0, 0.05) is 44.8 Å². The average molecular weight is 475 g/mol. The molecule has 33 heavy (non-hydrogen) atoms. The van der Waals surface area contributed by atoms with Crippen molar-refractivity contribution in [1.82, 2.24) is 15.5 Å². The number of carbonyl (C=O) groups is 4. The number of hydrogen-bond acceptors (Lipinski definition) is 7. The maximum atomic E-state index is 12.7. The molecule has 1 aromatic carbocycles. The van der Waals surface area contributed by atoms with Crippen molar-refractivity contribution in [2.24, 2.45) is 0 Å². The van der Waals surface area contributed by atoms with Gasteiger partial charge in [0.25, 0.3) is 11.1 Å². The number of hydrogen-bond donors (Lipinski definition) is 2. The van der Waals surface area contributed by atoms with Crippen molar-refractivity contribution in [2.45, 2.75) is 39.2 Å². The monoisotopic (exact) mass is 474 g/mol. The number of ether oxygens (including phenoxy) is 1. The molecule has 0 spiro atoms. The summed E-state index contributed by atoms with van der Waals surface area (Å²) in [6, 6.07) is 7.71. The molecule has 0 bridgehead atoms. The number of rotatable bonds is 5. The molecular weight excluding hydrogens is 444 g/mol. The van der Waals surface area contributed by atoms with Crippen molar-refractivity contribution in [2.75, 3.05) is 37.6 Å². The minimum absolute atomic E-state index is 0.0131. The zero-order chi connectivity index (χ0) is 24.0. The van der Waals surface area contributed by atoms with Gasteiger partial charge in [-0.3, -0.25) is 19.7 Å². The number of amides is 4. The Labute approximate surface area is 197 Å². The molecule has 1 aromatic rings. The average Bonchev–Trinajstić information content (AvgIpc) is 2.91. The lowest BCUT2D eigenvalue weighted by atomic mass is 10.1. The standard InChI is InChI=1S/C23H30N4O5S/c1-23(2,3)32-21(30)24-10-9-19(28)27-12-6-11-26(13-14-27)17-8-5-4-7-16(17)15-18-20(29)25-22(31)33-18/h4-5,7-8,15H,6,9-14H2,1-3H3,(H,24,30)(H,25,29,31)/b18-15-. The lowest BCUT2D eigenvalue weighted by molar-refractivity contribution is -0.130. The van der Waals surface area contributed by atoms with Crippen LogP contribution in [0.5, 0.6) is 0 Å². The Bertz CT molecular complexity index is 956. The summed E-state index contributed by atoms with van der Waals surface area (Å²) < 4.78 is 5.19. The number of anilines is 1. The van der Waals surface area contributed by atoms with Crippen LogP contribution < -0.4 is 15.5 Å². The fourth-order valence-corrected chi connectivity index (χ4v) is 4.28. The second kappa shape index (κ2) is 10.7. The van der Waals surface area contributed by atoms with Crippen LogP contribution in [0.15, 0.2) is 29.2 Å². The van der Waals surface area contributed by atoms with E-state index >= 15 is 0 Å². The largest absolute Gasteiger partial charge is 0.444 e. The van der Waals surface area contributed by atoms with Gasteiger partial charge in [-0.15, -0.1) is 0 Å². The van der Waals surface area contributed by atoms with E-state index in [2.05, 4.69) is 15.5 Å². The van der Waals surface area contributed by atoms with Gasteiger partial charge in [-0.05, 0) is 56.7 Å². The van der Waals surface area contributed by atoms with Gasteiger partial charge in [0.1, 0.15) is 5.60 Å². The first-order valence-corrected chi connectivity index (χ1v) is 11.8. The normalized spacial score (nSPS) is 18.2. The van der Waals surface area contributed by atoms with Gasteiger partial charge < -0.3 is 19.9 Å². The Kier molecular flexibility index (Phi) is 8.01. The summed E-state index contributed by atoms with van der Waals surface area (Å²) >= 11 is 0.896. The number of imide groups is 1. The molecule has 0 aromatic heterocycles. The summed E-state index contributed by atoms with van der Waals surface area (Å²) in [6.07, 6.45) is 2.21. The fraction of sp³-hybridized carbons (Fsp3) is 0.478. The third-order valence-corrected chi connectivity index (χ3v) is 5.87. The molecule has 4 amide bonds. The predicted molar refractivity (Wildman–Crippen MR) is 128 cm³/mol. The molecule has 2 aliphatic heterocycles. The number of benzene rings is 1. The third kappa shape index (κ3) is 7.24. The Morgan fingerprint density at radius 3 is 2.61 bits per heavy atom. The van der Waals surface area contributed by atoms with E-state index in [9.17, 15) is 19.2 Å². The zero-order valence-electron chi connectivity index (χ0n) is 19.2. The molecule has 0 unspecified atom stereocenters. The summed E-state index contributed by atoms with van der Waals surface area (Å²) in [4.78, 5) is 52.2. The molecule has 0 aliphatic carbocycles. The first kappa shape index (κ1) is 24.6. The van der Waals surface area contributed by atoms with E-state index in [1.807, 2.05) is 29.2 Å². The smallest absolute Gasteiger partial charge is 0.407 e. The van der Waals surface area contributed by atoms with E-state index in [1.54, 1.807) is 26.8 Å². The summed E-state index contributed by atoms with van der Waals surface area (Å²) in [5.74, 6) is -0.395. The van der Waals surface area contributed by atoms with Crippen LogP contribution in [-0.2, 0) is 14.3 Å². The number of carbonyl (C=O) groups excluding carboxylic acids is 4. The van der Waals surface area contributed by atoms with Crippen molar-refractivity contribution in [3.8, 4) is 0 Å². The Hall–Kier alpha value is -3.01. The van der Waals surface area contributed by atoms with E-state index in [4.69, 9.17) is 4.74 Å². The topological polar surface area (TPSA) is 108 Å². The minimum atomic E-state index is -0.579. The van der Waals surface area contributed by atoms with Crippen molar-refractivity contribution in [3.63, 3.8) is 0 Å². The zero-order valence-corrected chi connectivity index (χ0v) is 20.0. The Balaban J connectivity index is 1.57. The van der Waals surface area contributed by atoms with Gasteiger partial charge in [-0.2, -0.15) is 0 Å². The molecule has 2 aliphatic rings. The molecule has 0 saturated carbocycles. The van der Waals surface area contributed by atoms with Crippen LogP contribution in [-0.4, -0.2) is 66.4 Å². The van der Waals surface area contributed by atoms with Crippen molar-refractivity contribution in [1.29, 1.82) is 0 Å². The van der Waals surface area contributed by atoms with E-state index in [0.717, 1.165) is 36.0 Å². The highest BCUT2D eigenvalue weighted by Crippen LogP contribution is 2.30. The number of nitrogens with one attached hydrogen (secondary N) is 2. The highest BCUT2D eigenvalue weighted by molar-refractivity contribution is 8.18. The lowest BCUT2D eigenvalue weighted by Crippen LogP contribution is -2.38. The van der Waals surface area contributed by atoms with Gasteiger partial charge in [-0.1, -0.05) is 18.2 Å². The molecular formula is C23H30N4O5S. The van der Waals surface area contributed by atoms with Crippen LogP contribution in [0.25, 0.3) is 6.08 Å². The molecule has 10 heteroatoms. The SMILES string of the molecule is CC(C)(C)OC(=O)NCCC(=O)N1CCCN(c2ccccc2/C=C2\SC(=O)NC2=O)CC1. The second-order valence-electron chi connectivity index (χ2n) is 8.81. The predicted octanol–water partition coefficient (Wildman–Crippen LogP) is 2.96. The van der Waals surface area contributed by atoms with E-state index in [1.165, 1.54) is 0 Å². The quantitative estimate of drug-likeness (QED) is 0.632. The number of thioether (sulfide) groups is 1. The highest BCUT2D eigenvalue weighted by atomic mass is 32.2. The molecule has 2 heterocycles. The summed E-state index contributed by atoms with van der Waals surface area (Å²) in [7, 11) is 0. The first-order chi connectivity index (χ1) is 15.6. The van der Waals surface area contributed by atoms with Crippen LogP contribution in [0, 0.1) is 0 Å². The van der Waals surface area contributed by atoms with E-state index in [0.29, 0.717) is 24.5 Å². The summed E-state index contributed by atoms with van der Waals surface area (Å²) in [5.41, 5.74) is 1.23. The molecule has 178 valence electrons. The van der Waals surface area contributed by atoms with Crippen molar-refractivity contribution < 1.29 is 23.9 Å². The Morgan fingerprint density at radius 2 is 1.91 bits per heavy atom. The molecule has 0 radical (unpaired) electrons. The highest BCUT2D eigenvalue weighted by Gasteiger charge is 2.26. The molecule has 2 saturated heterocycles. The Morgan fingerprint density at radius 1 is 1.15 bits per heavy atom. The maximum Gasteiger partial charge on any atom is 0.407 e. The van der Waals surface area contributed by atoms with Gasteiger partial charge in [-0.25, -0.2) is 4.79 Å². The fourth-order valence-electron chi connectivity index (χ4n) is 3.61. The van der Waals surface area contributed by atoms with Crippen LogP contribution in [0.1, 0.15) is 39.2 Å². The van der Waals surface area contributed by atoms with Gasteiger partial charge in [0.15, 0.2) is 0 Å². The molecule has 3 rings (SSSR count). The number of nitrogens with zero attached hydrogens (tertiary/aromatic N) is 2. The number of para-hydroxylation sites is 1. The van der Waals surface area contributed by atoms with Crippen LogP contribution in [0.3, 0.4) is 0 Å². The van der Waals surface area contributed by atoms with E-state index in [-0.39, 0.29) is 30.0 Å². The molecule has 9 nitrogen and oxygen atoms in total. The first-order valence-electron chi connectivity index (χ1n) is 11.0. The van der Waals surface area contributed by atoms with Crippen LogP contribution in [0.2, 0.25) is 0 Å². The maximum absolute atomic E-state index is 12.7. The van der Waals surface area contributed by atoms with Crippen LogP contribution >= 0.6 is 11.8 Å². The second-order valence-corrected chi connectivity index (χ2v) is 9.83.